The minimum Gasteiger partial charge on any atom is -0.383 e. The Bertz CT molecular complexity index is 884. The van der Waals surface area contributed by atoms with Gasteiger partial charge in [-0.1, -0.05) is 36.8 Å². The summed E-state index contributed by atoms with van der Waals surface area (Å²) in [7, 11) is 0. The molecule has 0 spiro atoms. The zero-order valence-corrected chi connectivity index (χ0v) is 16.2. The highest BCUT2D eigenvalue weighted by molar-refractivity contribution is 7.81. The third kappa shape index (κ3) is 3.88. The molecule has 2 heterocycles. The van der Waals surface area contributed by atoms with Gasteiger partial charge in [0.25, 0.3) is 5.56 Å². The largest absolute Gasteiger partial charge is 0.383 e. The number of aryl methyl sites for hydroxylation is 2. The van der Waals surface area contributed by atoms with Crippen molar-refractivity contribution < 1.29 is 0 Å². The lowest BCUT2D eigenvalue weighted by Gasteiger charge is -2.30. The first-order valence-electron chi connectivity index (χ1n) is 8.88. The van der Waals surface area contributed by atoms with Gasteiger partial charge in [0.05, 0.1) is 0 Å². The molecule has 0 aliphatic carbocycles. The summed E-state index contributed by atoms with van der Waals surface area (Å²) >= 11 is 5.42. The van der Waals surface area contributed by atoms with Crippen molar-refractivity contribution in [2.75, 3.05) is 29.0 Å². The lowest BCUT2D eigenvalue weighted by Crippen LogP contribution is -2.36. The number of nitrogen functional groups attached to an aromatic ring is 1. The molecule has 0 bridgehead atoms. The van der Waals surface area contributed by atoms with E-state index < -0.39 is 0 Å². The molecular formula is C19H25N5OS. The topological polar surface area (TPSA) is 87.0 Å². The van der Waals surface area contributed by atoms with E-state index in [-0.39, 0.29) is 21.9 Å². The van der Waals surface area contributed by atoms with Gasteiger partial charge in [-0.15, -0.1) is 0 Å². The zero-order chi connectivity index (χ0) is 18.8. The Morgan fingerprint density at radius 1 is 1.35 bits per heavy atom. The van der Waals surface area contributed by atoms with E-state index in [9.17, 15) is 4.79 Å². The molecule has 3 rings (SSSR count). The van der Waals surface area contributed by atoms with Crippen molar-refractivity contribution in [3.05, 3.63) is 45.2 Å². The smallest absolute Gasteiger partial charge is 0.264 e. The number of hydrogen-bond acceptors (Lipinski definition) is 5. The van der Waals surface area contributed by atoms with E-state index in [1.807, 2.05) is 26.0 Å². The Kier molecular flexibility index (Phi) is 5.27. The highest BCUT2D eigenvalue weighted by atomic mass is 32.1. The summed E-state index contributed by atoms with van der Waals surface area (Å²) in [6, 6.07) is 5.99. The maximum atomic E-state index is 12.6. The van der Waals surface area contributed by atoms with E-state index >= 15 is 0 Å². The zero-order valence-electron chi connectivity index (χ0n) is 15.4. The maximum absolute atomic E-state index is 12.6. The highest BCUT2D eigenvalue weighted by Crippen LogP contribution is 2.21. The molecule has 1 aliphatic heterocycles. The van der Waals surface area contributed by atoms with Gasteiger partial charge in [0.15, 0.2) is 0 Å². The van der Waals surface area contributed by atoms with Gasteiger partial charge in [-0.25, -0.2) is 0 Å². The number of piperidine rings is 1. The molecule has 6 nitrogen and oxygen atoms in total. The van der Waals surface area contributed by atoms with Crippen LogP contribution in [0.5, 0.6) is 0 Å². The van der Waals surface area contributed by atoms with Crippen LogP contribution in [0.1, 0.15) is 36.5 Å². The Hall–Kier alpha value is -2.41. The van der Waals surface area contributed by atoms with Crippen LogP contribution in [0.2, 0.25) is 0 Å². The van der Waals surface area contributed by atoms with Crippen molar-refractivity contribution in [2.24, 2.45) is 5.92 Å². The molecule has 7 heteroatoms. The van der Waals surface area contributed by atoms with Crippen LogP contribution in [0.4, 0.5) is 17.5 Å². The molecule has 4 N–H and O–H groups in total. The van der Waals surface area contributed by atoms with E-state index in [0.717, 1.165) is 42.7 Å². The number of rotatable bonds is 3. The molecule has 0 radical (unpaired) electrons. The SMILES string of the molecule is Cc1ccc(NC(=S)c2c(N)nc(N3CCC(C)CC3)[nH]c2=O)c(C)c1. The summed E-state index contributed by atoms with van der Waals surface area (Å²) in [5, 5.41) is 3.12. The Morgan fingerprint density at radius 3 is 2.65 bits per heavy atom. The molecule has 1 aromatic carbocycles. The number of anilines is 3. The summed E-state index contributed by atoms with van der Waals surface area (Å²) in [5.41, 5.74) is 9.06. The van der Waals surface area contributed by atoms with Gasteiger partial charge in [-0.05, 0) is 44.2 Å². The fourth-order valence-electron chi connectivity index (χ4n) is 3.21. The van der Waals surface area contributed by atoms with Crippen molar-refractivity contribution in [1.82, 2.24) is 9.97 Å². The molecule has 1 saturated heterocycles. The van der Waals surface area contributed by atoms with Crippen molar-refractivity contribution >= 4 is 34.7 Å². The van der Waals surface area contributed by atoms with Crippen LogP contribution in [-0.4, -0.2) is 28.0 Å². The highest BCUT2D eigenvalue weighted by Gasteiger charge is 2.21. The first-order chi connectivity index (χ1) is 12.3. The molecule has 0 atom stereocenters. The third-order valence-corrected chi connectivity index (χ3v) is 5.18. The maximum Gasteiger partial charge on any atom is 0.264 e. The normalized spacial score (nSPS) is 15.1. The van der Waals surface area contributed by atoms with Crippen LogP contribution < -0.4 is 21.5 Å². The Balaban J connectivity index is 1.84. The molecule has 0 unspecified atom stereocenters. The standard InChI is InChI=1S/C19H25N5OS/c1-11-6-8-24(9-7-11)19-22-16(20)15(17(25)23-19)18(26)21-14-5-4-12(2)10-13(14)3/h4-5,10-11H,6-9H2,1-3H3,(H,21,26)(H3,20,22,23,25). The minimum absolute atomic E-state index is 0.157. The Labute approximate surface area is 158 Å². The fraction of sp³-hybridized carbons (Fsp3) is 0.421. The van der Waals surface area contributed by atoms with Crippen molar-refractivity contribution in [3.63, 3.8) is 0 Å². The predicted octanol–water partition coefficient (Wildman–Crippen LogP) is 2.99. The van der Waals surface area contributed by atoms with E-state index in [1.54, 1.807) is 0 Å². The number of nitrogens with two attached hydrogens (primary N) is 1. The van der Waals surface area contributed by atoms with E-state index in [4.69, 9.17) is 18.0 Å². The average Bonchev–Trinajstić information content (AvgIpc) is 2.57. The number of benzene rings is 1. The average molecular weight is 372 g/mol. The predicted molar refractivity (Wildman–Crippen MR) is 111 cm³/mol. The second-order valence-corrected chi connectivity index (χ2v) is 7.50. The number of aromatic nitrogens is 2. The van der Waals surface area contributed by atoms with Gasteiger partial charge in [0.1, 0.15) is 16.4 Å². The third-order valence-electron chi connectivity index (χ3n) is 4.88. The Morgan fingerprint density at radius 2 is 2.04 bits per heavy atom. The van der Waals surface area contributed by atoms with Crippen molar-refractivity contribution in [1.29, 1.82) is 0 Å². The molecule has 0 saturated carbocycles. The van der Waals surface area contributed by atoms with E-state index in [2.05, 4.69) is 33.2 Å². The van der Waals surface area contributed by atoms with E-state index in [1.165, 1.54) is 0 Å². The molecule has 2 aromatic rings. The van der Waals surface area contributed by atoms with Crippen LogP contribution in [-0.2, 0) is 0 Å². The number of aromatic amines is 1. The molecule has 26 heavy (non-hydrogen) atoms. The lowest BCUT2D eigenvalue weighted by atomic mass is 10.00. The molecule has 1 aromatic heterocycles. The van der Waals surface area contributed by atoms with Gasteiger partial charge in [-0.2, -0.15) is 4.98 Å². The molecule has 1 fully saturated rings. The summed E-state index contributed by atoms with van der Waals surface area (Å²) in [6.45, 7) is 8.00. The van der Waals surface area contributed by atoms with Crippen LogP contribution >= 0.6 is 12.2 Å². The van der Waals surface area contributed by atoms with Crippen molar-refractivity contribution in [2.45, 2.75) is 33.6 Å². The fourth-order valence-corrected chi connectivity index (χ4v) is 3.51. The first kappa shape index (κ1) is 18.4. The second kappa shape index (κ2) is 7.45. The molecule has 0 amide bonds. The monoisotopic (exact) mass is 371 g/mol. The summed E-state index contributed by atoms with van der Waals surface area (Å²) in [6.07, 6.45) is 2.16. The van der Waals surface area contributed by atoms with Crippen LogP contribution in [0.15, 0.2) is 23.0 Å². The number of hydrogen-bond donors (Lipinski definition) is 3. The minimum atomic E-state index is -0.312. The van der Waals surface area contributed by atoms with Gasteiger partial charge in [-0.3, -0.25) is 9.78 Å². The number of nitrogens with one attached hydrogen (secondary N) is 2. The van der Waals surface area contributed by atoms with Crippen LogP contribution in [0.25, 0.3) is 0 Å². The van der Waals surface area contributed by atoms with Gasteiger partial charge in [0, 0.05) is 18.8 Å². The van der Waals surface area contributed by atoms with Crippen LogP contribution in [0.3, 0.4) is 0 Å². The number of H-pyrrole nitrogens is 1. The lowest BCUT2D eigenvalue weighted by molar-refractivity contribution is 0.434. The number of thiocarbonyl (C=S) groups is 1. The second-order valence-electron chi connectivity index (χ2n) is 7.09. The molecule has 1 aliphatic rings. The molecule has 138 valence electrons. The van der Waals surface area contributed by atoms with Crippen LogP contribution in [0, 0.1) is 19.8 Å². The van der Waals surface area contributed by atoms with E-state index in [0.29, 0.717) is 11.9 Å². The summed E-state index contributed by atoms with van der Waals surface area (Å²) in [4.78, 5) is 22.2. The van der Waals surface area contributed by atoms with Gasteiger partial charge in [0.2, 0.25) is 5.95 Å². The number of nitrogens with zero attached hydrogens (tertiary/aromatic N) is 2. The van der Waals surface area contributed by atoms with Gasteiger partial charge >= 0.3 is 0 Å². The van der Waals surface area contributed by atoms with Gasteiger partial charge < -0.3 is 16.0 Å². The first-order valence-corrected chi connectivity index (χ1v) is 9.29. The van der Waals surface area contributed by atoms with Crippen molar-refractivity contribution in [3.8, 4) is 0 Å². The molecular weight excluding hydrogens is 346 g/mol. The summed E-state index contributed by atoms with van der Waals surface area (Å²) < 4.78 is 0. The summed E-state index contributed by atoms with van der Waals surface area (Å²) in [5.74, 6) is 1.38. The quantitative estimate of drug-likeness (QED) is 0.719.